The van der Waals surface area contributed by atoms with Crippen LogP contribution in [0.1, 0.15) is 26.7 Å². The second kappa shape index (κ2) is 5.72. The highest BCUT2D eigenvalue weighted by Gasteiger charge is 2.01. The van der Waals surface area contributed by atoms with E-state index in [1.165, 1.54) is 0 Å². The first-order valence-corrected chi connectivity index (χ1v) is 4.00. The smallest absolute Gasteiger partial charge is 0.124 e. The maximum Gasteiger partial charge on any atom is 0.124 e. The molecule has 1 unspecified atom stereocenters. The molecule has 0 aliphatic heterocycles. The van der Waals surface area contributed by atoms with Crippen LogP contribution in [-0.4, -0.2) is 17.5 Å². The van der Waals surface area contributed by atoms with E-state index in [4.69, 9.17) is 0 Å². The van der Waals surface area contributed by atoms with E-state index in [1.54, 1.807) is 6.92 Å². The van der Waals surface area contributed by atoms with Crippen LogP contribution in [0.15, 0.2) is 23.8 Å². The van der Waals surface area contributed by atoms with E-state index in [-0.39, 0.29) is 0 Å². The van der Waals surface area contributed by atoms with Gasteiger partial charge in [0.25, 0.3) is 0 Å². The predicted octanol–water partition coefficient (Wildman–Crippen LogP) is 1.85. The van der Waals surface area contributed by atoms with Gasteiger partial charge in [0.05, 0.1) is 6.10 Å². The minimum absolute atomic E-state index is 0.447. The van der Waals surface area contributed by atoms with Crippen LogP contribution >= 0.6 is 0 Å². The van der Waals surface area contributed by atoms with Crippen LogP contribution in [0.4, 0.5) is 0 Å². The topological polar surface area (TPSA) is 37.3 Å². The zero-order valence-corrected chi connectivity index (χ0v) is 7.71. The quantitative estimate of drug-likeness (QED) is 0.502. The molecule has 0 heterocycles. The Balaban J connectivity index is 3.86. The van der Waals surface area contributed by atoms with Crippen LogP contribution in [0, 0.1) is 0 Å². The SMILES string of the molecule is C=C(C)C(O)C/C=C(\C)CC=O. The molecule has 0 spiro atoms. The lowest BCUT2D eigenvalue weighted by Gasteiger charge is -2.06. The number of carbonyl (C=O) groups is 1. The van der Waals surface area contributed by atoms with Crippen LogP contribution in [0.3, 0.4) is 0 Å². The third-order valence-corrected chi connectivity index (χ3v) is 1.66. The fourth-order valence-corrected chi connectivity index (χ4v) is 0.729. The zero-order chi connectivity index (χ0) is 9.56. The van der Waals surface area contributed by atoms with E-state index in [9.17, 15) is 9.90 Å². The normalized spacial score (nSPS) is 14.1. The van der Waals surface area contributed by atoms with E-state index >= 15 is 0 Å². The van der Waals surface area contributed by atoms with Crippen molar-refractivity contribution >= 4 is 6.29 Å². The standard InChI is InChI=1S/C10H16O2/c1-8(2)10(12)5-4-9(3)6-7-11/h4,7,10,12H,1,5-6H2,2-3H3/b9-4+. The van der Waals surface area contributed by atoms with Crippen LogP contribution in [-0.2, 0) is 4.79 Å². The molecule has 0 rings (SSSR count). The Morgan fingerprint density at radius 1 is 1.58 bits per heavy atom. The average molecular weight is 168 g/mol. The van der Waals surface area contributed by atoms with E-state index in [1.807, 2.05) is 13.0 Å². The molecule has 0 aromatic rings. The molecule has 1 N–H and O–H groups in total. The summed E-state index contributed by atoms with van der Waals surface area (Å²) >= 11 is 0. The van der Waals surface area contributed by atoms with Crippen molar-refractivity contribution in [2.24, 2.45) is 0 Å². The van der Waals surface area contributed by atoms with Gasteiger partial charge in [0.15, 0.2) is 0 Å². The van der Waals surface area contributed by atoms with E-state index in [0.29, 0.717) is 12.8 Å². The van der Waals surface area contributed by atoms with Crippen LogP contribution < -0.4 is 0 Å². The number of hydrogen-bond donors (Lipinski definition) is 1. The highest BCUT2D eigenvalue weighted by Crippen LogP contribution is 2.06. The molecule has 0 aromatic heterocycles. The fourth-order valence-electron chi connectivity index (χ4n) is 0.729. The van der Waals surface area contributed by atoms with Crippen LogP contribution in [0.25, 0.3) is 0 Å². The number of carbonyl (C=O) groups excluding carboxylic acids is 1. The Kier molecular flexibility index (Phi) is 5.30. The first-order chi connectivity index (χ1) is 5.57. The van der Waals surface area contributed by atoms with Crippen molar-refractivity contribution in [2.75, 3.05) is 0 Å². The molecular weight excluding hydrogens is 152 g/mol. The van der Waals surface area contributed by atoms with Gasteiger partial charge in [0, 0.05) is 6.42 Å². The highest BCUT2D eigenvalue weighted by atomic mass is 16.3. The van der Waals surface area contributed by atoms with Crippen molar-refractivity contribution in [2.45, 2.75) is 32.8 Å². The summed E-state index contributed by atoms with van der Waals surface area (Å²) in [5.74, 6) is 0. The van der Waals surface area contributed by atoms with Crippen molar-refractivity contribution in [1.29, 1.82) is 0 Å². The van der Waals surface area contributed by atoms with Crippen molar-refractivity contribution < 1.29 is 9.90 Å². The molecule has 0 amide bonds. The molecule has 0 aromatic carbocycles. The summed E-state index contributed by atoms with van der Waals surface area (Å²) in [6.07, 6.45) is 3.25. The Morgan fingerprint density at radius 2 is 2.17 bits per heavy atom. The molecule has 2 heteroatoms. The number of aliphatic hydroxyl groups excluding tert-OH is 1. The third-order valence-electron chi connectivity index (χ3n) is 1.66. The van der Waals surface area contributed by atoms with Gasteiger partial charge in [-0.1, -0.05) is 23.8 Å². The first kappa shape index (κ1) is 11.1. The maximum atomic E-state index is 10.1. The average Bonchev–Trinajstić information content (AvgIpc) is 2.00. The molecule has 0 radical (unpaired) electrons. The summed E-state index contributed by atoms with van der Waals surface area (Å²) in [7, 11) is 0. The van der Waals surface area contributed by atoms with Crippen molar-refractivity contribution in [1.82, 2.24) is 0 Å². The van der Waals surface area contributed by atoms with Crippen LogP contribution in [0.2, 0.25) is 0 Å². The van der Waals surface area contributed by atoms with Gasteiger partial charge in [-0.25, -0.2) is 0 Å². The predicted molar refractivity (Wildman–Crippen MR) is 49.9 cm³/mol. The summed E-state index contributed by atoms with van der Waals surface area (Å²) < 4.78 is 0. The van der Waals surface area contributed by atoms with Gasteiger partial charge in [0.2, 0.25) is 0 Å². The summed E-state index contributed by atoms with van der Waals surface area (Å²) in [5.41, 5.74) is 1.75. The second-order valence-electron chi connectivity index (χ2n) is 3.02. The molecule has 0 fully saturated rings. The third kappa shape index (κ3) is 4.85. The van der Waals surface area contributed by atoms with Crippen molar-refractivity contribution in [3.8, 4) is 0 Å². The molecule has 0 aliphatic carbocycles. The van der Waals surface area contributed by atoms with E-state index in [2.05, 4.69) is 6.58 Å². The lowest BCUT2D eigenvalue weighted by atomic mass is 10.1. The number of allylic oxidation sites excluding steroid dienone is 1. The minimum atomic E-state index is -0.480. The molecular formula is C10H16O2. The van der Waals surface area contributed by atoms with Crippen LogP contribution in [0.5, 0.6) is 0 Å². The Labute approximate surface area is 73.6 Å². The molecule has 0 aliphatic rings. The van der Waals surface area contributed by atoms with Gasteiger partial charge in [-0.2, -0.15) is 0 Å². The molecule has 0 saturated carbocycles. The van der Waals surface area contributed by atoms with Gasteiger partial charge < -0.3 is 9.90 Å². The Morgan fingerprint density at radius 3 is 2.58 bits per heavy atom. The van der Waals surface area contributed by atoms with E-state index < -0.39 is 6.10 Å². The van der Waals surface area contributed by atoms with Crippen molar-refractivity contribution in [3.05, 3.63) is 23.8 Å². The van der Waals surface area contributed by atoms with Crippen molar-refractivity contribution in [3.63, 3.8) is 0 Å². The van der Waals surface area contributed by atoms with Gasteiger partial charge >= 0.3 is 0 Å². The first-order valence-electron chi connectivity index (χ1n) is 4.00. The van der Waals surface area contributed by atoms with Gasteiger partial charge in [-0.05, 0) is 20.3 Å². The van der Waals surface area contributed by atoms with Gasteiger partial charge in [-0.15, -0.1) is 0 Å². The minimum Gasteiger partial charge on any atom is -0.388 e. The lowest BCUT2D eigenvalue weighted by molar-refractivity contribution is -0.107. The molecule has 0 bridgehead atoms. The molecule has 68 valence electrons. The Hall–Kier alpha value is -0.890. The number of aliphatic hydroxyl groups is 1. The summed E-state index contributed by atoms with van der Waals surface area (Å²) in [6, 6.07) is 0. The number of aldehydes is 1. The second-order valence-corrected chi connectivity index (χ2v) is 3.02. The van der Waals surface area contributed by atoms with E-state index in [0.717, 1.165) is 17.4 Å². The van der Waals surface area contributed by atoms with Gasteiger partial charge in [0.1, 0.15) is 6.29 Å². The fraction of sp³-hybridized carbons (Fsp3) is 0.500. The lowest BCUT2D eigenvalue weighted by Crippen LogP contribution is -2.05. The largest absolute Gasteiger partial charge is 0.388 e. The zero-order valence-electron chi connectivity index (χ0n) is 7.71. The molecule has 2 nitrogen and oxygen atoms in total. The van der Waals surface area contributed by atoms with Gasteiger partial charge in [-0.3, -0.25) is 0 Å². The molecule has 12 heavy (non-hydrogen) atoms. The summed E-state index contributed by atoms with van der Waals surface area (Å²) in [5, 5.41) is 9.31. The summed E-state index contributed by atoms with van der Waals surface area (Å²) in [4.78, 5) is 10.1. The maximum absolute atomic E-state index is 10.1. The molecule has 1 atom stereocenters. The highest BCUT2D eigenvalue weighted by molar-refractivity contribution is 5.53. The number of hydrogen-bond acceptors (Lipinski definition) is 2. The Bertz CT molecular complexity index is 192. The molecule has 0 saturated heterocycles. The summed E-state index contributed by atoms with van der Waals surface area (Å²) in [6.45, 7) is 7.29. The monoisotopic (exact) mass is 168 g/mol. The number of rotatable bonds is 5.